The average molecular weight is 532 g/mol. The van der Waals surface area contributed by atoms with Gasteiger partial charge >= 0.3 is 0 Å². The van der Waals surface area contributed by atoms with E-state index in [0.29, 0.717) is 11.8 Å². The quantitative estimate of drug-likeness (QED) is 0.149. The molecule has 1 aliphatic rings. The molecule has 0 radical (unpaired) electrons. The second-order valence-electron chi connectivity index (χ2n) is 7.27. The molecule has 1 saturated carbocycles. The molecule has 0 aromatic heterocycles. The Morgan fingerprint density at radius 1 is 1.10 bits per heavy atom. The number of aliphatic imine (C=N–C) groups is 1. The summed E-state index contributed by atoms with van der Waals surface area (Å²) in [5.41, 5.74) is 1.20. The molecule has 0 atom stereocenters. The van der Waals surface area contributed by atoms with Crippen molar-refractivity contribution in [1.82, 2.24) is 16.0 Å². The first-order valence-corrected chi connectivity index (χ1v) is 10.7. The highest BCUT2D eigenvalue weighted by Gasteiger charge is 2.23. The number of guanidine groups is 1. The molecule has 0 saturated heterocycles. The third-order valence-electron chi connectivity index (χ3n) is 4.57. The number of amides is 1. The number of ether oxygens (including phenoxy) is 2. The number of halogens is 1. The molecule has 0 bridgehead atoms. The second kappa shape index (κ2) is 16.2. The fourth-order valence-corrected chi connectivity index (χ4v) is 2.67. The van der Waals surface area contributed by atoms with Crippen LogP contribution in [0.15, 0.2) is 29.3 Å². The van der Waals surface area contributed by atoms with E-state index in [1.807, 2.05) is 24.3 Å². The molecule has 1 aromatic rings. The number of hydrogen-bond donors (Lipinski definition) is 3. The third kappa shape index (κ3) is 12.2. The molecule has 8 heteroatoms. The van der Waals surface area contributed by atoms with Crippen LogP contribution in [0.5, 0.6) is 5.75 Å². The summed E-state index contributed by atoms with van der Waals surface area (Å²) >= 11 is 0. The Labute approximate surface area is 197 Å². The van der Waals surface area contributed by atoms with Crippen molar-refractivity contribution in [2.75, 3.05) is 40.0 Å². The van der Waals surface area contributed by atoms with Crippen molar-refractivity contribution in [2.45, 2.75) is 51.5 Å². The fourth-order valence-electron chi connectivity index (χ4n) is 2.67. The Kier molecular flexibility index (Phi) is 14.3. The SMILES string of the molecule is CCCCOCCCNC(=NC)NCCc1ccc(OCC(=O)NC2CC2)cc1.I. The normalized spacial score (nSPS) is 13.3. The van der Waals surface area contributed by atoms with Gasteiger partial charge in [-0.05, 0) is 49.8 Å². The van der Waals surface area contributed by atoms with E-state index in [0.717, 1.165) is 64.4 Å². The molecule has 170 valence electrons. The van der Waals surface area contributed by atoms with Gasteiger partial charge in [-0.25, -0.2) is 0 Å². The number of rotatable bonds is 14. The predicted octanol–water partition coefficient (Wildman–Crippen LogP) is 2.88. The molecule has 1 amide bonds. The lowest BCUT2D eigenvalue weighted by Gasteiger charge is -2.12. The summed E-state index contributed by atoms with van der Waals surface area (Å²) in [7, 11) is 1.78. The van der Waals surface area contributed by atoms with E-state index in [4.69, 9.17) is 9.47 Å². The number of hydrogen-bond acceptors (Lipinski definition) is 4. The monoisotopic (exact) mass is 532 g/mol. The maximum Gasteiger partial charge on any atom is 0.258 e. The van der Waals surface area contributed by atoms with Crippen LogP contribution in [0.1, 0.15) is 44.6 Å². The van der Waals surface area contributed by atoms with Gasteiger partial charge in [-0.3, -0.25) is 9.79 Å². The van der Waals surface area contributed by atoms with E-state index in [1.54, 1.807) is 7.05 Å². The number of nitrogens with zero attached hydrogens (tertiary/aromatic N) is 1. The number of carbonyl (C=O) groups is 1. The summed E-state index contributed by atoms with van der Waals surface area (Å²) < 4.78 is 11.1. The van der Waals surface area contributed by atoms with Crippen LogP contribution < -0.4 is 20.7 Å². The van der Waals surface area contributed by atoms with Gasteiger partial charge in [-0.1, -0.05) is 25.5 Å². The first-order chi connectivity index (χ1) is 14.2. The molecule has 1 aliphatic carbocycles. The molecule has 0 aliphatic heterocycles. The molecule has 0 heterocycles. The second-order valence-corrected chi connectivity index (χ2v) is 7.27. The molecule has 0 unspecified atom stereocenters. The van der Waals surface area contributed by atoms with Crippen LogP contribution in [0, 0.1) is 0 Å². The van der Waals surface area contributed by atoms with Crippen molar-refractivity contribution >= 4 is 35.8 Å². The van der Waals surface area contributed by atoms with Gasteiger partial charge in [0.2, 0.25) is 0 Å². The Morgan fingerprint density at radius 3 is 2.47 bits per heavy atom. The average Bonchev–Trinajstić information content (AvgIpc) is 3.55. The van der Waals surface area contributed by atoms with Crippen molar-refractivity contribution in [1.29, 1.82) is 0 Å². The van der Waals surface area contributed by atoms with E-state index in [9.17, 15) is 4.79 Å². The van der Waals surface area contributed by atoms with E-state index < -0.39 is 0 Å². The third-order valence-corrected chi connectivity index (χ3v) is 4.57. The molecule has 30 heavy (non-hydrogen) atoms. The summed E-state index contributed by atoms with van der Waals surface area (Å²) in [6.45, 7) is 5.49. The molecule has 7 nitrogen and oxygen atoms in total. The van der Waals surface area contributed by atoms with Crippen LogP contribution in [0.3, 0.4) is 0 Å². The van der Waals surface area contributed by atoms with Crippen molar-refractivity contribution in [3.05, 3.63) is 29.8 Å². The van der Waals surface area contributed by atoms with Crippen molar-refractivity contribution in [2.24, 2.45) is 4.99 Å². The van der Waals surface area contributed by atoms with Gasteiger partial charge in [0.1, 0.15) is 5.75 Å². The molecule has 3 N–H and O–H groups in total. The van der Waals surface area contributed by atoms with Crippen LogP contribution in [0.25, 0.3) is 0 Å². The summed E-state index contributed by atoms with van der Waals surface area (Å²) in [6.07, 6.45) is 6.30. The molecule has 1 fully saturated rings. The van der Waals surface area contributed by atoms with Gasteiger partial charge in [-0.2, -0.15) is 0 Å². The Hall–Kier alpha value is -1.55. The van der Waals surface area contributed by atoms with Crippen LogP contribution in [-0.2, 0) is 16.0 Å². The lowest BCUT2D eigenvalue weighted by Crippen LogP contribution is -2.39. The van der Waals surface area contributed by atoms with E-state index in [1.165, 1.54) is 12.0 Å². The van der Waals surface area contributed by atoms with Gasteiger partial charge < -0.3 is 25.4 Å². The standard InChI is InChI=1S/C22H36N4O3.HI/c1-3-4-15-28-16-5-13-24-22(23-2)25-14-12-18-6-10-20(11-7-18)29-17-21(27)26-19-8-9-19;/h6-7,10-11,19H,3-5,8-9,12-17H2,1-2H3,(H,26,27)(H2,23,24,25);1H. The van der Waals surface area contributed by atoms with Gasteiger partial charge in [0, 0.05) is 39.4 Å². The highest BCUT2D eigenvalue weighted by Crippen LogP contribution is 2.18. The highest BCUT2D eigenvalue weighted by atomic mass is 127. The minimum Gasteiger partial charge on any atom is -0.484 e. The molecular weight excluding hydrogens is 495 g/mol. The molecule has 0 spiro atoms. The minimum atomic E-state index is -0.0489. The van der Waals surface area contributed by atoms with E-state index in [-0.39, 0.29) is 36.5 Å². The van der Waals surface area contributed by atoms with Crippen LogP contribution >= 0.6 is 24.0 Å². The first-order valence-electron chi connectivity index (χ1n) is 10.7. The van der Waals surface area contributed by atoms with E-state index >= 15 is 0 Å². The first kappa shape index (κ1) is 26.5. The number of unbranched alkanes of at least 4 members (excludes halogenated alkanes) is 1. The van der Waals surface area contributed by atoms with E-state index in [2.05, 4.69) is 27.9 Å². The Morgan fingerprint density at radius 2 is 1.80 bits per heavy atom. The topological polar surface area (TPSA) is 84.0 Å². The van der Waals surface area contributed by atoms with Gasteiger partial charge in [0.15, 0.2) is 12.6 Å². The fraction of sp³-hybridized carbons (Fsp3) is 0.636. The lowest BCUT2D eigenvalue weighted by molar-refractivity contribution is -0.123. The zero-order chi connectivity index (χ0) is 20.7. The van der Waals surface area contributed by atoms with Crippen LogP contribution in [-0.4, -0.2) is 57.9 Å². The van der Waals surface area contributed by atoms with Crippen molar-refractivity contribution in [3.63, 3.8) is 0 Å². The largest absolute Gasteiger partial charge is 0.484 e. The number of nitrogens with one attached hydrogen (secondary N) is 3. The maximum atomic E-state index is 11.7. The molecular formula is C22H37IN4O3. The van der Waals surface area contributed by atoms with Crippen LogP contribution in [0.4, 0.5) is 0 Å². The summed E-state index contributed by atoms with van der Waals surface area (Å²) in [6, 6.07) is 8.24. The summed E-state index contributed by atoms with van der Waals surface area (Å²) in [4.78, 5) is 15.9. The highest BCUT2D eigenvalue weighted by molar-refractivity contribution is 14.0. The number of benzene rings is 1. The van der Waals surface area contributed by atoms with Gasteiger partial charge in [-0.15, -0.1) is 24.0 Å². The lowest BCUT2D eigenvalue weighted by atomic mass is 10.1. The molecule has 2 rings (SSSR count). The van der Waals surface area contributed by atoms with Gasteiger partial charge in [0.05, 0.1) is 0 Å². The Balaban J connectivity index is 0.00000450. The number of carbonyl (C=O) groups excluding carboxylic acids is 1. The zero-order valence-electron chi connectivity index (χ0n) is 18.2. The molecule has 1 aromatic carbocycles. The van der Waals surface area contributed by atoms with Gasteiger partial charge in [0.25, 0.3) is 5.91 Å². The summed E-state index contributed by atoms with van der Waals surface area (Å²) in [5, 5.41) is 9.54. The Bertz CT molecular complexity index is 621. The predicted molar refractivity (Wildman–Crippen MR) is 132 cm³/mol. The zero-order valence-corrected chi connectivity index (χ0v) is 20.6. The maximum absolute atomic E-state index is 11.7. The van der Waals surface area contributed by atoms with Crippen molar-refractivity contribution < 1.29 is 14.3 Å². The minimum absolute atomic E-state index is 0. The van der Waals surface area contributed by atoms with Crippen LogP contribution in [0.2, 0.25) is 0 Å². The smallest absolute Gasteiger partial charge is 0.258 e. The van der Waals surface area contributed by atoms with Crippen molar-refractivity contribution in [3.8, 4) is 5.75 Å². The summed E-state index contributed by atoms with van der Waals surface area (Å²) in [5.74, 6) is 1.47.